The summed E-state index contributed by atoms with van der Waals surface area (Å²) in [6.45, 7) is 2.07. The van der Waals surface area contributed by atoms with E-state index in [1.54, 1.807) is 7.11 Å². The first-order valence-electron chi connectivity index (χ1n) is 5.90. The van der Waals surface area contributed by atoms with Crippen LogP contribution in [0.1, 0.15) is 5.56 Å². The first-order valence-corrected chi connectivity index (χ1v) is 5.90. The number of pyridine rings is 1. The van der Waals surface area contributed by atoms with E-state index in [1.165, 1.54) is 0 Å². The Bertz CT molecular complexity index is 550. The summed E-state index contributed by atoms with van der Waals surface area (Å²) < 4.78 is 5.22. The van der Waals surface area contributed by atoms with Gasteiger partial charge >= 0.3 is 0 Å². The molecular formula is C15H18N2O. The fraction of sp³-hybridized carbons (Fsp3) is 0.267. The number of aromatic nitrogens is 1. The molecule has 18 heavy (non-hydrogen) atoms. The van der Waals surface area contributed by atoms with Gasteiger partial charge in [0.2, 0.25) is 0 Å². The van der Waals surface area contributed by atoms with Crippen LogP contribution in [-0.2, 0) is 0 Å². The fourth-order valence-corrected chi connectivity index (χ4v) is 1.90. The maximum atomic E-state index is 5.22. The first-order chi connectivity index (χ1) is 8.61. The van der Waals surface area contributed by atoms with Gasteiger partial charge in [-0.3, -0.25) is 4.98 Å². The van der Waals surface area contributed by atoms with Crippen molar-refractivity contribution in [3.05, 3.63) is 42.1 Å². The zero-order valence-electron chi connectivity index (χ0n) is 11.3. The summed E-state index contributed by atoms with van der Waals surface area (Å²) in [5, 5.41) is 0. The van der Waals surface area contributed by atoms with Crippen LogP contribution in [0, 0.1) is 6.92 Å². The quantitative estimate of drug-likeness (QED) is 0.826. The summed E-state index contributed by atoms with van der Waals surface area (Å²) in [4.78, 5) is 6.51. The van der Waals surface area contributed by atoms with Crippen LogP contribution in [-0.4, -0.2) is 26.2 Å². The molecule has 94 valence electrons. The molecule has 1 aromatic carbocycles. The predicted molar refractivity (Wildman–Crippen MR) is 75.3 cm³/mol. The number of benzene rings is 1. The molecular weight excluding hydrogens is 224 g/mol. The van der Waals surface area contributed by atoms with Gasteiger partial charge in [-0.15, -0.1) is 0 Å². The second-order valence-corrected chi connectivity index (χ2v) is 4.47. The highest BCUT2D eigenvalue weighted by atomic mass is 16.5. The first kappa shape index (κ1) is 12.4. The van der Waals surface area contributed by atoms with E-state index in [0.717, 1.165) is 28.3 Å². The monoisotopic (exact) mass is 242 g/mol. The van der Waals surface area contributed by atoms with Gasteiger partial charge in [0.1, 0.15) is 5.75 Å². The van der Waals surface area contributed by atoms with Crippen LogP contribution in [0.4, 0.5) is 5.69 Å². The lowest BCUT2D eigenvalue weighted by Crippen LogP contribution is -2.08. The highest BCUT2D eigenvalue weighted by Crippen LogP contribution is 2.27. The van der Waals surface area contributed by atoms with Crippen molar-refractivity contribution in [3.63, 3.8) is 0 Å². The summed E-state index contributed by atoms with van der Waals surface area (Å²) in [6.07, 6.45) is 1.84. The number of hydrogen-bond donors (Lipinski definition) is 0. The van der Waals surface area contributed by atoms with E-state index in [1.807, 2.05) is 38.5 Å². The van der Waals surface area contributed by atoms with Crippen molar-refractivity contribution in [2.75, 3.05) is 26.1 Å². The second-order valence-electron chi connectivity index (χ2n) is 4.47. The molecule has 0 atom stereocenters. The summed E-state index contributed by atoms with van der Waals surface area (Å²) in [5.74, 6) is 0.875. The molecule has 0 amide bonds. The van der Waals surface area contributed by atoms with Crippen molar-refractivity contribution < 1.29 is 4.74 Å². The average molecular weight is 242 g/mol. The highest BCUT2D eigenvalue weighted by molar-refractivity contribution is 5.68. The summed E-state index contributed by atoms with van der Waals surface area (Å²) in [5.41, 5.74) is 4.44. The minimum atomic E-state index is 0.875. The molecule has 2 rings (SSSR count). The minimum absolute atomic E-state index is 0.875. The molecule has 0 radical (unpaired) electrons. The molecule has 0 saturated carbocycles. The Morgan fingerprint density at radius 1 is 1.11 bits per heavy atom. The molecule has 0 aliphatic heterocycles. The van der Waals surface area contributed by atoms with Crippen LogP contribution in [0.2, 0.25) is 0 Å². The molecule has 0 N–H and O–H groups in total. The Hall–Kier alpha value is -2.03. The molecule has 1 aromatic heterocycles. The van der Waals surface area contributed by atoms with Gasteiger partial charge in [0, 0.05) is 31.5 Å². The lowest BCUT2D eigenvalue weighted by molar-refractivity contribution is 0.414. The Balaban J connectivity index is 2.45. The number of nitrogens with zero attached hydrogens (tertiary/aromatic N) is 2. The smallest absolute Gasteiger partial charge is 0.119 e. The van der Waals surface area contributed by atoms with E-state index < -0.39 is 0 Å². The van der Waals surface area contributed by atoms with Crippen molar-refractivity contribution in [3.8, 4) is 17.0 Å². The molecule has 0 saturated heterocycles. The third-order valence-electron chi connectivity index (χ3n) is 2.97. The number of anilines is 1. The van der Waals surface area contributed by atoms with Crippen molar-refractivity contribution >= 4 is 5.69 Å². The largest absolute Gasteiger partial charge is 0.497 e. The molecule has 0 bridgehead atoms. The lowest BCUT2D eigenvalue weighted by Gasteiger charge is -2.14. The number of aryl methyl sites for hydroxylation is 1. The molecule has 3 heteroatoms. The third-order valence-corrected chi connectivity index (χ3v) is 2.97. The maximum absolute atomic E-state index is 5.22. The van der Waals surface area contributed by atoms with Gasteiger partial charge in [0.05, 0.1) is 12.8 Å². The van der Waals surface area contributed by atoms with E-state index >= 15 is 0 Å². The summed E-state index contributed by atoms with van der Waals surface area (Å²) in [7, 11) is 5.74. The number of hydrogen-bond acceptors (Lipinski definition) is 3. The highest BCUT2D eigenvalue weighted by Gasteiger charge is 2.06. The van der Waals surface area contributed by atoms with E-state index in [0.29, 0.717) is 0 Å². The van der Waals surface area contributed by atoms with Crippen LogP contribution >= 0.6 is 0 Å². The van der Waals surface area contributed by atoms with Gasteiger partial charge in [0.25, 0.3) is 0 Å². The predicted octanol–water partition coefficient (Wildman–Crippen LogP) is 3.13. The summed E-state index contributed by atoms with van der Waals surface area (Å²) >= 11 is 0. The van der Waals surface area contributed by atoms with Crippen molar-refractivity contribution in [1.29, 1.82) is 0 Å². The van der Waals surface area contributed by atoms with Gasteiger partial charge < -0.3 is 9.64 Å². The Morgan fingerprint density at radius 2 is 1.89 bits per heavy atom. The van der Waals surface area contributed by atoms with Gasteiger partial charge in [-0.05, 0) is 42.8 Å². The molecule has 0 unspecified atom stereocenters. The SMILES string of the molecule is COc1ccc(-c2cc(N(C)C)ccn2)c(C)c1. The van der Waals surface area contributed by atoms with E-state index in [2.05, 4.69) is 28.9 Å². The van der Waals surface area contributed by atoms with Crippen LogP contribution in [0.5, 0.6) is 5.75 Å². The molecule has 0 spiro atoms. The van der Waals surface area contributed by atoms with Crippen molar-refractivity contribution in [2.24, 2.45) is 0 Å². The maximum Gasteiger partial charge on any atom is 0.119 e. The van der Waals surface area contributed by atoms with Crippen LogP contribution in [0.25, 0.3) is 11.3 Å². The minimum Gasteiger partial charge on any atom is -0.497 e. The molecule has 0 fully saturated rings. The number of ether oxygens (including phenoxy) is 1. The zero-order chi connectivity index (χ0) is 13.1. The molecule has 2 aromatic rings. The van der Waals surface area contributed by atoms with E-state index in [-0.39, 0.29) is 0 Å². The summed E-state index contributed by atoms with van der Waals surface area (Å²) in [6, 6.07) is 10.1. The van der Waals surface area contributed by atoms with Crippen LogP contribution in [0.3, 0.4) is 0 Å². The lowest BCUT2D eigenvalue weighted by atomic mass is 10.0. The average Bonchev–Trinajstić information content (AvgIpc) is 2.38. The number of methoxy groups -OCH3 is 1. The third kappa shape index (κ3) is 2.45. The second kappa shape index (κ2) is 5.08. The molecule has 3 nitrogen and oxygen atoms in total. The fourth-order valence-electron chi connectivity index (χ4n) is 1.90. The van der Waals surface area contributed by atoms with Crippen LogP contribution in [0.15, 0.2) is 36.5 Å². The Kier molecular flexibility index (Phi) is 3.51. The van der Waals surface area contributed by atoms with Crippen molar-refractivity contribution in [2.45, 2.75) is 6.92 Å². The van der Waals surface area contributed by atoms with Gasteiger partial charge in [0.15, 0.2) is 0 Å². The Morgan fingerprint density at radius 3 is 2.50 bits per heavy atom. The van der Waals surface area contributed by atoms with E-state index in [4.69, 9.17) is 4.74 Å². The zero-order valence-corrected chi connectivity index (χ0v) is 11.3. The molecule has 0 aliphatic rings. The van der Waals surface area contributed by atoms with Gasteiger partial charge in [-0.2, -0.15) is 0 Å². The normalized spacial score (nSPS) is 10.2. The molecule has 1 heterocycles. The molecule has 0 aliphatic carbocycles. The van der Waals surface area contributed by atoms with Crippen LogP contribution < -0.4 is 9.64 Å². The van der Waals surface area contributed by atoms with Crippen molar-refractivity contribution in [1.82, 2.24) is 4.98 Å². The van der Waals surface area contributed by atoms with Gasteiger partial charge in [-0.1, -0.05) is 0 Å². The topological polar surface area (TPSA) is 25.4 Å². The Labute approximate surface area is 108 Å². The van der Waals surface area contributed by atoms with E-state index in [9.17, 15) is 0 Å². The standard InChI is InChI=1S/C15H18N2O/c1-11-9-13(18-4)5-6-14(11)15-10-12(17(2)3)7-8-16-15/h5-10H,1-4H3. The number of rotatable bonds is 3. The van der Waals surface area contributed by atoms with Gasteiger partial charge in [-0.25, -0.2) is 0 Å².